The number of carbonyl (C=O) groups is 1. The molecule has 0 aliphatic heterocycles. The van der Waals surface area contributed by atoms with E-state index in [0.29, 0.717) is 19.7 Å². The first-order chi connectivity index (χ1) is 10.3. The Morgan fingerprint density at radius 1 is 1.29 bits per heavy atom. The van der Waals surface area contributed by atoms with Gasteiger partial charge >= 0.3 is 0 Å². The third-order valence-corrected chi connectivity index (χ3v) is 3.67. The van der Waals surface area contributed by atoms with Gasteiger partial charge in [0, 0.05) is 19.2 Å². The largest absolute Gasteiger partial charge is 0.383 e. The predicted octanol–water partition coefficient (Wildman–Crippen LogP) is 1.06. The number of carbonyl (C=O) groups excluding carboxylic acids is 1. The average Bonchev–Trinajstić information content (AvgIpc) is 2.99. The summed E-state index contributed by atoms with van der Waals surface area (Å²) in [7, 11) is 1.63. The number of ether oxygens (including phenoxy) is 1. The summed E-state index contributed by atoms with van der Waals surface area (Å²) in [4.78, 5) is 11.6. The maximum Gasteiger partial charge on any atom is 0.234 e. The van der Waals surface area contributed by atoms with Crippen LogP contribution < -0.4 is 10.6 Å². The average molecular weight is 306 g/mol. The lowest BCUT2D eigenvalue weighted by atomic mass is 10.2. The molecule has 112 valence electrons. The van der Waals surface area contributed by atoms with E-state index < -0.39 is 0 Å². The minimum absolute atomic E-state index is 0.0671. The highest BCUT2D eigenvalue weighted by atomic mass is 32.1. The Hall–Kier alpha value is -1.83. The van der Waals surface area contributed by atoms with Crippen molar-refractivity contribution in [3.63, 3.8) is 0 Å². The fourth-order valence-corrected chi connectivity index (χ4v) is 2.42. The molecule has 0 saturated carbocycles. The van der Waals surface area contributed by atoms with Gasteiger partial charge < -0.3 is 15.4 Å². The van der Waals surface area contributed by atoms with Gasteiger partial charge in [-0.05, 0) is 0 Å². The number of nitrogens with one attached hydrogen (secondary N) is 2. The molecule has 6 nitrogen and oxygen atoms in total. The number of hydrogen-bond acceptors (Lipinski definition) is 6. The second kappa shape index (κ2) is 8.46. The highest BCUT2D eigenvalue weighted by Gasteiger charge is 2.07. The van der Waals surface area contributed by atoms with Gasteiger partial charge in [-0.3, -0.25) is 4.79 Å². The van der Waals surface area contributed by atoms with Gasteiger partial charge in [-0.25, -0.2) is 0 Å². The zero-order valence-electron chi connectivity index (χ0n) is 11.8. The first kappa shape index (κ1) is 15.6. The molecule has 7 heteroatoms. The lowest BCUT2D eigenvalue weighted by Gasteiger charge is -2.04. The summed E-state index contributed by atoms with van der Waals surface area (Å²) in [6.07, 6.45) is 0. The SMILES string of the molecule is COCCNCC(=O)NCc1nnc(-c2ccccc2)s1. The molecular weight excluding hydrogens is 288 g/mol. The number of aromatic nitrogens is 2. The summed E-state index contributed by atoms with van der Waals surface area (Å²) < 4.78 is 4.89. The zero-order chi connectivity index (χ0) is 14.9. The van der Waals surface area contributed by atoms with Crippen molar-refractivity contribution in [3.8, 4) is 10.6 Å². The fraction of sp³-hybridized carbons (Fsp3) is 0.357. The molecule has 1 heterocycles. The van der Waals surface area contributed by atoms with Gasteiger partial charge in [0.1, 0.15) is 10.0 Å². The van der Waals surface area contributed by atoms with Crippen LogP contribution in [-0.2, 0) is 16.1 Å². The molecular formula is C14H18N4O2S. The normalized spacial score (nSPS) is 10.5. The van der Waals surface area contributed by atoms with Crippen LogP contribution in [0.2, 0.25) is 0 Å². The number of methoxy groups -OCH3 is 1. The highest BCUT2D eigenvalue weighted by molar-refractivity contribution is 7.14. The molecule has 2 aromatic rings. The first-order valence-electron chi connectivity index (χ1n) is 6.63. The zero-order valence-corrected chi connectivity index (χ0v) is 12.7. The van der Waals surface area contributed by atoms with Crippen LogP contribution in [0.4, 0.5) is 0 Å². The Kier molecular flexibility index (Phi) is 6.26. The van der Waals surface area contributed by atoms with Crippen molar-refractivity contribution in [1.29, 1.82) is 0 Å². The quantitative estimate of drug-likeness (QED) is 0.713. The Morgan fingerprint density at radius 2 is 2.10 bits per heavy atom. The summed E-state index contributed by atoms with van der Waals surface area (Å²) >= 11 is 1.48. The van der Waals surface area contributed by atoms with E-state index in [0.717, 1.165) is 15.6 Å². The Balaban J connectivity index is 1.77. The Labute approximate surface area is 127 Å². The van der Waals surface area contributed by atoms with Crippen molar-refractivity contribution in [2.75, 3.05) is 26.8 Å². The van der Waals surface area contributed by atoms with Crippen molar-refractivity contribution >= 4 is 17.2 Å². The van der Waals surface area contributed by atoms with Gasteiger partial charge in [-0.2, -0.15) is 0 Å². The molecule has 0 fully saturated rings. The van der Waals surface area contributed by atoms with Crippen molar-refractivity contribution in [3.05, 3.63) is 35.3 Å². The second-order valence-electron chi connectivity index (χ2n) is 4.31. The molecule has 0 radical (unpaired) electrons. The van der Waals surface area contributed by atoms with Crippen LogP contribution in [0.25, 0.3) is 10.6 Å². The van der Waals surface area contributed by atoms with Crippen molar-refractivity contribution in [1.82, 2.24) is 20.8 Å². The third-order valence-electron chi connectivity index (χ3n) is 2.69. The molecule has 0 saturated heterocycles. The molecule has 0 spiro atoms. The molecule has 1 amide bonds. The van der Waals surface area contributed by atoms with Gasteiger partial charge in [0.15, 0.2) is 0 Å². The van der Waals surface area contributed by atoms with Crippen LogP contribution in [-0.4, -0.2) is 42.9 Å². The van der Waals surface area contributed by atoms with Crippen molar-refractivity contribution in [2.45, 2.75) is 6.54 Å². The van der Waals surface area contributed by atoms with E-state index in [9.17, 15) is 4.79 Å². The predicted molar refractivity (Wildman–Crippen MR) is 81.9 cm³/mol. The van der Waals surface area contributed by atoms with Gasteiger partial charge in [0.2, 0.25) is 5.91 Å². The Bertz CT molecular complexity index is 559. The number of nitrogens with zero attached hydrogens (tertiary/aromatic N) is 2. The van der Waals surface area contributed by atoms with E-state index in [4.69, 9.17) is 4.74 Å². The number of benzene rings is 1. The summed E-state index contributed by atoms with van der Waals surface area (Å²) in [5, 5.41) is 15.7. The standard InChI is InChI=1S/C14H18N4O2S/c1-20-8-7-15-9-12(19)16-10-13-17-18-14(21-13)11-5-3-2-4-6-11/h2-6,15H,7-10H2,1H3,(H,16,19). The molecule has 1 aromatic heterocycles. The summed E-state index contributed by atoms with van der Waals surface area (Å²) in [5.74, 6) is -0.0671. The van der Waals surface area contributed by atoms with E-state index in [1.54, 1.807) is 7.11 Å². The molecule has 0 bridgehead atoms. The van der Waals surface area contributed by atoms with Crippen LogP contribution in [0.15, 0.2) is 30.3 Å². The molecule has 0 atom stereocenters. The van der Waals surface area contributed by atoms with Crippen LogP contribution in [0, 0.1) is 0 Å². The molecule has 2 rings (SSSR count). The molecule has 1 aromatic carbocycles. The topological polar surface area (TPSA) is 76.1 Å². The lowest BCUT2D eigenvalue weighted by Crippen LogP contribution is -2.34. The minimum atomic E-state index is -0.0671. The van der Waals surface area contributed by atoms with Gasteiger partial charge in [0.25, 0.3) is 0 Å². The maximum absolute atomic E-state index is 11.6. The van der Waals surface area contributed by atoms with Gasteiger partial charge in [0.05, 0.1) is 19.7 Å². The molecule has 21 heavy (non-hydrogen) atoms. The highest BCUT2D eigenvalue weighted by Crippen LogP contribution is 2.22. The van der Waals surface area contributed by atoms with Gasteiger partial charge in [-0.15, -0.1) is 10.2 Å². The Morgan fingerprint density at radius 3 is 2.86 bits per heavy atom. The molecule has 0 unspecified atom stereocenters. The molecule has 0 aliphatic rings. The molecule has 2 N–H and O–H groups in total. The smallest absolute Gasteiger partial charge is 0.234 e. The van der Waals surface area contributed by atoms with Crippen LogP contribution in [0.5, 0.6) is 0 Å². The monoisotopic (exact) mass is 306 g/mol. The van der Waals surface area contributed by atoms with Crippen LogP contribution >= 0.6 is 11.3 Å². The fourth-order valence-electron chi connectivity index (χ4n) is 1.64. The second-order valence-corrected chi connectivity index (χ2v) is 5.38. The van der Waals surface area contributed by atoms with Crippen molar-refractivity contribution in [2.24, 2.45) is 0 Å². The first-order valence-corrected chi connectivity index (χ1v) is 7.45. The minimum Gasteiger partial charge on any atom is -0.383 e. The lowest BCUT2D eigenvalue weighted by molar-refractivity contribution is -0.120. The third kappa shape index (κ3) is 5.22. The number of rotatable bonds is 8. The van der Waals surface area contributed by atoms with E-state index in [2.05, 4.69) is 20.8 Å². The van der Waals surface area contributed by atoms with Gasteiger partial charge in [-0.1, -0.05) is 41.7 Å². The van der Waals surface area contributed by atoms with E-state index in [1.807, 2.05) is 30.3 Å². The summed E-state index contributed by atoms with van der Waals surface area (Å²) in [6.45, 7) is 1.91. The maximum atomic E-state index is 11.6. The number of amides is 1. The van der Waals surface area contributed by atoms with E-state index in [-0.39, 0.29) is 12.5 Å². The van der Waals surface area contributed by atoms with E-state index >= 15 is 0 Å². The van der Waals surface area contributed by atoms with Crippen LogP contribution in [0.3, 0.4) is 0 Å². The van der Waals surface area contributed by atoms with Crippen LogP contribution in [0.1, 0.15) is 5.01 Å². The number of hydrogen-bond donors (Lipinski definition) is 2. The summed E-state index contributed by atoms with van der Waals surface area (Å²) in [5.41, 5.74) is 1.04. The molecule has 0 aliphatic carbocycles. The summed E-state index contributed by atoms with van der Waals surface area (Å²) in [6, 6.07) is 9.86. The van der Waals surface area contributed by atoms with Crippen molar-refractivity contribution < 1.29 is 9.53 Å². The van der Waals surface area contributed by atoms with E-state index in [1.165, 1.54) is 11.3 Å².